The van der Waals surface area contributed by atoms with E-state index in [1.165, 1.54) is 12.3 Å². The molecule has 1 aliphatic carbocycles. The lowest BCUT2D eigenvalue weighted by Gasteiger charge is -2.05. The van der Waals surface area contributed by atoms with Crippen LogP contribution in [0.2, 0.25) is 0 Å². The lowest BCUT2D eigenvalue weighted by atomic mass is 10.1. The van der Waals surface area contributed by atoms with Gasteiger partial charge in [-0.05, 0) is 18.9 Å². The van der Waals surface area contributed by atoms with Gasteiger partial charge < -0.3 is 5.11 Å². The molecular weight excluding hydrogens is 184 g/mol. The molecule has 0 radical (unpaired) electrons. The third kappa shape index (κ3) is 1.88. The van der Waals surface area contributed by atoms with Crippen LogP contribution >= 0.6 is 0 Å². The highest BCUT2D eigenvalue weighted by Gasteiger charge is 2.40. The zero-order chi connectivity index (χ0) is 10.2. The standard InChI is InChI=1S/C9H10N2O3/c12-9(3-4-9)5-7-1-2-8(6-10-7)11(13)14/h1-2,6,12H,3-5H2. The van der Waals surface area contributed by atoms with Gasteiger partial charge in [0.15, 0.2) is 0 Å². The fourth-order valence-corrected chi connectivity index (χ4v) is 1.29. The fraction of sp³-hybridized carbons (Fsp3) is 0.444. The molecule has 1 saturated carbocycles. The van der Waals surface area contributed by atoms with Crippen molar-refractivity contribution in [2.45, 2.75) is 24.9 Å². The van der Waals surface area contributed by atoms with E-state index < -0.39 is 10.5 Å². The van der Waals surface area contributed by atoms with Crippen LogP contribution in [0, 0.1) is 10.1 Å². The topological polar surface area (TPSA) is 76.3 Å². The highest BCUT2D eigenvalue weighted by molar-refractivity contribution is 5.27. The van der Waals surface area contributed by atoms with Gasteiger partial charge in [-0.25, -0.2) is 0 Å². The van der Waals surface area contributed by atoms with Gasteiger partial charge in [0.1, 0.15) is 6.20 Å². The Labute approximate surface area is 80.6 Å². The molecule has 5 heteroatoms. The van der Waals surface area contributed by atoms with Gasteiger partial charge in [-0.15, -0.1) is 0 Å². The Bertz CT molecular complexity index is 357. The van der Waals surface area contributed by atoms with Gasteiger partial charge in [0, 0.05) is 18.2 Å². The predicted octanol–water partition coefficient (Wildman–Crippen LogP) is 1.06. The molecule has 0 aliphatic heterocycles. The predicted molar refractivity (Wildman–Crippen MR) is 48.8 cm³/mol. The summed E-state index contributed by atoms with van der Waals surface area (Å²) in [5.41, 5.74) is 0.0930. The van der Waals surface area contributed by atoms with E-state index >= 15 is 0 Å². The summed E-state index contributed by atoms with van der Waals surface area (Å²) in [6.07, 6.45) is 3.31. The number of aromatic nitrogens is 1. The van der Waals surface area contributed by atoms with E-state index in [4.69, 9.17) is 0 Å². The molecule has 0 bridgehead atoms. The first-order chi connectivity index (χ1) is 6.59. The molecule has 74 valence electrons. The largest absolute Gasteiger partial charge is 0.389 e. The first kappa shape index (κ1) is 9.08. The lowest BCUT2D eigenvalue weighted by Crippen LogP contribution is -2.11. The number of hydrogen-bond donors (Lipinski definition) is 1. The van der Waals surface area contributed by atoms with Crippen LogP contribution in [0.3, 0.4) is 0 Å². The van der Waals surface area contributed by atoms with Crippen LogP contribution in [0.5, 0.6) is 0 Å². The maximum atomic E-state index is 10.3. The van der Waals surface area contributed by atoms with Crippen LogP contribution in [0.1, 0.15) is 18.5 Å². The Balaban J connectivity index is 2.10. The summed E-state index contributed by atoms with van der Waals surface area (Å²) in [5.74, 6) is 0. The third-order valence-electron chi connectivity index (χ3n) is 2.36. The minimum Gasteiger partial charge on any atom is -0.389 e. The molecule has 0 amide bonds. The van der Waals surface area contributed by atoms with Crippen molar-refractivity contribution in [3.8, 4) is 0 Å². The van der Waals surface area contributed by atoms with Gasteiger partial charge >= 0.3 is 0 Å². The number of aliphatic hydroxyl groups is 1. The van der Waals surface area contributed by atoms with Crippen molar-refractivity contribution in [2.75, 3.05) is 0 Å². The molecule has 14 heavy (non-hydrogen) atoms. The van der Waals surface area contributed by atoms with Gasteiger partial charge in [-0.3, -0.25) is 15.1 Å². The van der Waals surface area contributed by atoms with Crippen LogP contribution in [0.4, 0.5) is 5.69 Å². The summed E-state index contributed by atoms with van der Waals surface area (Å²) in [4.78, 5) is 13.8. The second kappa shape index (κ2) is 3.02. The van der Waals surface area contributed by atoms with E-state index in [1.54, 1.807) is 6.07 Å². The summed E-state index contributed by atoms with van der Waals surface area (Å²) < 4.78 is 0. The Hall–Kier alpha value is -1.49. The molecule has 0 saturated heterocycles. The number of pyridine rings is 1. The number of nitrogens with zero attached hydrogens (tertiary/aromatic N) is 2. The first-order valence-corrected chi connectivity index (χ1v) is 4.41. The van der Waals surface area contributed by atoms with Crippen molar-refractivity contribution in [3.63, 3.8) is 0 Å². The molecular formula is C9H10N2O3. The Kier molecular flexibility index (Phi) is 1.96. The maximum Gasteiger partial charge on any atom is 0.287 e. The molecule has 0 spiro atoms. The minimum atomic E-state index is -0.594. The molecule has 1 aliphatic rings. The lowest BCUT2D eigenvalue weighted by molar-refractivity contribution is -0.385. The van der Waals surface area contributed by atoms with E-state index in [2.05, 4.69) is 4.98 Å². The number of nitro groups is 1. The molecule has 1 heterocycles. The number of rotatable bonds is 3. The molecule has 0 atom stereocenters. The van der Waals surface area contributed by atoms with Crippen molar-refractivity contribution in [1.82, 2.24) is 4.98 Å². The molecule has 1 aromatic rings. The van der Waals surface area contributed by atoms with E-state index in [9.17, 15) is 15.2 Å². The molecule has 0 unspecified atom stereocenters. The highest BCUT2D eigenvalue weighted by Crippen LogP contribution is 2.37. The van der Waals surface area contributed by atoms with E-state index in [1.807, 2.05) is 0 Å². The smallest absolute Gasteiger partial charge is 0.287 e. The molecule has 2 rings (SSSR count). The summed E-state index contributed by atoms with van der Waals surface area (Å²) in [6, 6.07) is 3.00. The SMILES string of the molecule is O=[N+]([O-])c1ccc(CC2(O)CC2)nc1. The van der Waals surface area contributed by atoms with Gasteiger partial charge in [-0.1, -0.05) is 0 Å². The monoisotopic (exact) mass is 194 g/mol. The van der Waals surface area contributed by atoms with Crippen LogP contribution in [-0.4, -0.2) is 20.6 Å². The van der Waals surface area contributed by atoms with Gasteiger partial charge in [-0.2, -0.15) is 0 Å². The van der Waals surface area contributed by atoms with Crippen LogP contribution in [0.15, 0.2) is 18.3 Å². The van der Waals surface area contributed by atoms with E-state index in [0.717, 1.165) is 12.8 Å². The van der Waals surface area contributed by atoms with Gasteiger partial charge in [0.25, 0.3) is 5.69 Å². The second-order valence-corrected chi connectivity index (χ2v) is 3.67. The quantitative estimate of drug-likeness (QED) is 0.576. The van der Waals surface area contributed by atoms with Crippen LogP contribution in [-0.2, 0) is 6.42 Å². The Morgan fingerprint density at radius 2 is 2.29 bits per heavy atom. The molecule has 0 aromatic carbocycles. The summed E-state index contributed by atoms with van der Waals surface area (Å²) in [6.45, 7) is 0. The third-order valence-corrected chi connectivity index (χ3v) is 2.36. The van der Waals surface area contributed by atoms with Crippen molar-refractivity contribution in [1.29, 1.82) is 0 Å². The maximum absolute atomic E-state index is 10.3. The van der Waals surface area contributed by atoms with Crippen LogP contribution in [0.25, 0.3) is 0 Å². The van der Waals surface area contributed by atoms with Gasteiger partial charge in [0.2, 0.25) is 0 Å². The van der Waals surface area contributed by atoms with Crippen molar-refractivity contribution < 1.29 is 10.0 Å². The minimum absolute atomic E-state index is 0.0171. The zero-order valence-corrected chi connectivity index (χ0v) is 7.51. The van der Waals surface area contributed by atoms with Crippen molar-refractivity contribution in [3.05, 3.63) is 34.1 Å². The van der Waals surface area contributed by atoms with Gasteiger partial charge in [0.05, 0.1) is 10.5 Å². The average Bonchev–Trinajstić information content (AvgIpc) is 2.84. The van der Waals surface area contributed by atoms with E-state index in [0.29, 0.717) is 12.1 Å². The molecule has 1 N–H and O–H groups in total. The molecule has 1 aromatic heterocycles. The summed E-state index contributed by atoms with van der Waals surface area (Å²) in [5, 5.41) is 19.9. The van der Waals surface area contributed by atoms with Crippen LogP contribution < -0.4 is 0 Å². The molecule has 5 nitrogen and oxygen atoms in total. The zero-order valence-electron chi connectivity index (χ0n) is 7.51. The second-order valence-electron chi connectivity index (χ2n) is 3.67. The van der Waals surface area contributed by atoms with Crippen molar-refractivity contribution >= 4 is 5.69 Å². The van der Waals surface area contributed by atoms with E-state index in [-0.39, 0.29) is 5.69 Å². The molecule has 1 fully saturated rings. The highest BCUT2D eigenvalue weighted by atomic mass is 16.6. The normalized spacial score (nSPS) is 17.8. The summed E-state index contributed by atoms with van der Waals surface area (Å²) >= 11 is 0. The fourth-order valence-electron chi connectivity index (χ4n) is 1.29. The summed E-state index contributed by atoms with van der Waals surface area (Å²) in [7, 11) is 0. The Morgan fingerprint density at radius 3 is 2.71 bits per heavy atom. The average molecular weight is 194 g/mol. The Morgan fingerprint density at radius 1 is 1.57 bits per heavy atom. The number of hydrogen-bond acceptors (Lipinski definition) is 4. The van der Waals surface area contributed by atoms with Crippen molar-refractivity contribution in [2.24, 2.45) is 0 Å². The first-order valence-electron chi connectivity index (χ1n) is 4.41.